The zero-order chi connectivity index (χ0) is 16.3. The molecule has 2 rings (SSSR count). The van der Waals surface area contributed by atoms with Crippen LogP contribution in [-0.4, -0.2) is 20.6 Å². The van der Waals surface area contributed by atoms with Gasteiger partial charge in [0.15, 0.2) is 0 Å². The molecule has 118 valence electrons. The molecule has 0 spiro atoms. The highest BCUT2D eigenvalue weighted by atomic mass is 32.2. The third-order valence-corrected chi connectivity index (χ3v) is 4.61. The predicted octanol–water partition coefficient (Wildman–Crippen LogP) is 2.86. The first-order valence-electron chi connectivity index (χ1n) is 6.79. The van der Waals surface area contributed by atoms with Crippen LogP contribution >= 0.6 is 0 Å². The fourth-order valence-electron chi connectivity index (χ4n) is 2.05. The highest BCUT2D eigenvalue weighted by Crippen LogP contribution is 2.28. The highest BCUT2D eigenvalue weighted by molar-refractivity contribution is 7.92. The standard InChI is InChI=1S/C16H19NO4S/c1-11-7-8-16(21-3)15(9-11)17-22(19,20)14-6-4-5-13(10-14)12(2)18/h4-10,12,17-18H,1-3H3/t12-/m1/s1. The summed E-state index contributed by atoms with van der Waals surface area (Å²) in [6, 6.07) is 11.5. The van der Waals surface area contributed by atoms with Gasteiger partial charge >= 0.3 is 0 Å². The van der Waals surface area contributed by atoms with Crippen LogP contribution in [0.3, 0.4) is 0 Å². The lowest BCUT2D eigenvalue weighted by atomic mass is 10.1. The van der Waals surface area contributed by atoms with E-state index in [1.54, 1.807) is 31.2 Å². The van der Waals surface area contributed by atoms with Crippen molar-refractivity contribution in [1.29, 1.82) is 0 Å². The second-order valence-electron chi connectivity index (χ2n) is 5.06. The first-order valence-corrected chi connectivity index (χ1v) is 8.27. The normalized spacial score (nSPS) is 12.7. The summed E-state index contributed by atoms with van der Waals surface area (Å²) < 4.78 is 32.7. The predicted molar refractivity (Wildman–Crippen MR) is 85.6 cm³/mol. The van der Waals surface area contributed by atoms with Crippen LogP contribution in [0.25, 0.3) is 0 Å². The number of aryl methyl sites for hydroxylation is 1. The lowest BCUT2D eigenvalue weighted by Crippen LogP contribution is -2.14. The third kappa shape index (κ3) is 3.58. The minimum atomic E-state index is -3.76. The van der Waals surface area contributed by atoms with Crippen molar-refractivity contribution in [3.8, 4) is 5.75 Å². The molecule has 0 fully saturated rings. The van der Waals surface area contributed by atoms with Gasteiger partial charge in [0.2, 0.25) is 0 Å². The van der Waals surface area contributed by atoms with Crippen molar-refractivity contribution < 1.29 is 18.3 Å². The number of rotatable bonds is 5. The molecule has 2 N–H and O–H groups in total. The van der Waals surface area contributed by atoms with Crippen LogP contribution < -0.4 is 9.46 Å². The topological polar surface area (TPSA) is 75.6 Å². The summed E-state index contributed by atoms with van der Waals surface area (Å²) in [4.78, 5) is 0.0921. The maximum Gasteiger partial charge on any atom is 0.262 e. The Bertz CT molecular complexity index is 769. The molecule has 0 aliphatic rings. The lowest BCUT2D eigenvalue weighted by molar-refractivity contribution is 0.199. The van der Waals surface area contributed by atoms with E-state index in [9.17, 15) is 13.5 Å². The maximum atomic E-state index is 12.5. The Labute approximate surface area is 130 Å². The number of ether oxygens (including phenoxy) is 1. The van der Waals surface area contributed by atoms with Gasteiger partial charge in [-0.25, -0.2) is 8.42 Å². The molecule has 0 heterocycles. The minimum Gasteiger partial charge on any atom is -0.495 e. The van der Waals surface area contributed by atoms with Gasteiger partial charge in [-0.2, -0.15) is 0 Å². The van der Waals surface area contributed by atoms with Gasteiger partial charge in [0, 0.05) is 0 Å². The maximum absolute atomic E-state index is 12.5. The van der Waals surface area contributed by atoms with Gasteiger partial charge < -0.3 is 9.84 Å². The Kier molecular flexibility index (Phi) is 4.73. The molecular weight excluding hydrogens is 302 g/mol. The molecule has 0 saturated heterocycles. The molecule has 0 bridgehead atoms. The summed E-state index contributed by atoms with van der Waals surface area (Å²) in [6.45, 7) is 3.45. The van der Waals surface area contributed by atoms with E-state index in [0.29, 0.717) is 17.0 Å². The van der Waals surface area contributed by atoms with Crippen LogP contribution in [0.4, 0.5) is 5.69 Å². The summed E-state index contributed by atoms with van der Waals surface area (Å²) in [6.07, 6.45) is -0.733. The largest absolute Gasteiger partial charge is 0.495 e. The molecule has 0 aliphatic heterocycles. The van der Waals surface area contributed by atoms with E-state index in [1.165, 1.54) is 19.2 Å². The highest BCUT2D eigenvalue weighted by Gasteiger charge is 2.17. The first kappa shape index (κ1) is 16.3. The van der Waals surface area contributed by atoms with Crippen molar-refractivity contribution in [3.63, 3.8) is 0 Å². The molecular formula is C16H19NO4S. The van der Waals surface area contributed by atoms with E-state index in [1.807, 2.05) is 13.0 Å². The molecule has 22 heavy (non-hydrogen) atoms. The fraction of sp³-hybridized carbons (Fsp3) is 0.250. The van der Waals surface area contributed by atoms with Crippen LogP contribution in [0, 0.1) is 6.92 Å². The second kappa shape index (κ2) is 6.37. The van der Waals surface area contributed by atoms with Crippen LogP contribution in [0.15, 0.2) is 47.4 Å². The Morgan fingerprint density at radius 1 is 1.18 bits per heavy atom. The van der Waals surface area contributed by atoms with Gasteiger partial charge in [-0.3, -0.25) is 4.72 Å². The number of hydrogen-bond acceptors (Lipinski definition) is 4. The molecule has 1 atom stereocenters. The SMILES string of the molecule is COc1ccc(C)cc1NS(=O)(=O)c1cccc([C@@H](C)O)c1. The lowest BCUT2D eigenvalue weighted by Gasteiger charge is -2.13. The number of anilines is 1. The van der Waals surface area contributed by atoms with Crippen LogP contribution in [-0.2, 0) is 10.0 Å². The van der Waals surface area contributed by atoms with Crippen molar-refractivity contribution in [3.05, 3.63) is 53.6 Å². The number of hydrogen-bond donors (Lipinski definition) is 2. The van der Waals surface area contributed by atoms with Gasteiger partial charge in [-0.1, -0.05) is 18.2 Å². The minimum absolute atomic E-state index is 0.0921. The van der Waals surface area contributed by atoms with Crippen molar-refractivity contribution >= 4 is 15.7 Å². The molecule has 6 heteroatoms. The number of aliphatic hydroxyl groups is 1. The van der Waals surface area contributed by atoms with Crippen molar-refractivity contribution in [2.75, 3.05) is 11.8 Å². The zero-order valence-electron chi connectivity index (χ0n) is 12.7. The van der Waals surface area contributed by atoms with E-state index < -0.39 is 16.1 Å². The second-order valence-corrected chi connectivity index (χ2v) is 6.74. The van der Waals surface area contributed by atoms with Crippen molar-refractivity contribution in [2.24, 2.45) is 0 Å². The van der Waals surface area contributed by atoms with E-state index in [0.717, 1.165) is 5.56 Å². The number of methoxy groups -OCH3 is 1. The average Bonchev–Trinajstić information content (AvgIpc) is 2.47. The Morgan fingerprint density at radius 3 is 2.55 bits per heavy atom. The van der Waals surface area contributed by atoms with E-state index in [4.69, 9.17) is 4.74 Å². The molecule has 0 radical (unpaired) electrons. The van der Waals surface area contributed by atoms with Crippen LogP contribution in [0.1, 0.15) is 24.2 Å². The molecule has 2 aromatic carbocycles. The van der Waals surface area contributed by atoms with E-state index >= 15 is 0 Å². The Morgan fingerprint density at radius 2 is 1.91 bits per heavy atom. The summed E-state index contributed by atoms with van der Waals surface area (Å²) in [5, 5.41) is 9.59. The Balaban J connectivity index is 2.40. The third-order valence-electron chi connectivity index (χ3n) is 3.25. The van der Waals surface area contributed by atoms with E-state index in [2.05, 4.69) is 4.72 Å². The molecule has 2 aromatic rings. The van der Waals surface area contributed by atoms with Gasteiger partial charge in [-0.15, -0.1) is 0 Å². The molecule has 0 unspecified atom stereocenters. The summed E-state index contributed by atoms with van der Waals surface area (Å²) in [5.74, 6) is 0.445. The monoisotopic (exact) mass is 321 g/mol. The smallest absolute Gasteiger partial charge is 0.262 e. The van der Waals surface area contributed by atoms with Gasteiger partial charge in [0.25, 0.3) is 10.0 Å². The summed E-state index contributed by atoms with van der Waals surface area (Å²) >= 11 is 0. The quantitative estimate of drug-likeness (QED) is 0.888. The first-order chi connectivity index (χ1) is 10.3. The molecule has 0 aromatic heterocycles. The molecule has 0 amide bonds. The molecule has 5 nitrogen and oxygen atoms in total. The van der Waals surface area contributed by atoms with Gasteiger partial charge in [0.05, 0.1) is 23.8 Å². The number of nitrogens with one attached hydrogen (secondary N) is 1. The molecule has 0 aliphatic carbocycles. The summed E-state index contributed by atoms with van der Waals surface area (Å²) in [7, 11) is -2.28. The number of sulfonamides is 1. The van der Waals surface area contributed by atoms with E-state index in [-0.39, 0.29) is 4.90 Å². The zero-order valence-corrected chi connectivity index (χ0v) is 13.5. The van der Waals surface area contributed by atoms with Gasteiger partial charge in [0.1, 0.15) is 5.75 Å². The average molecular weight is 321 g/mol. The van der Waals surface area contributed by atoms with Crippen LogP contribution in [0.2, 0.25) is 0 Å². The number of aliphatic hydroxyl groups excluding tert-OH is 1. The number of benzene rings is 2. The molecule has 0 saturated carbocycles. The van der Waals surface area contributed by atoms with Crippen molar-refractivity contribution in [2.45, 2.75) is 24.8 Å². The summed E-state index contributed by atoms with van der Waals surface area (Å²) in [5.41, 5.74) is 1.83. The van der Waals surface area contributed by atoms with Crippen molar-refractivity contribution in [1.82, 2.24) is 0 Å². The fourth-order valence-corrected chi connectivity index (χ4v) is 3.16. The van der Waals surface area contributed by atoms with Crippen LogP contribution in [0.5, 0.6) is 5.75 Å². The van der Waals surface area contributed by atoms with Gasteiger partial charge in [-0.05, 0) is 49.2 Å². The Hall–Kier alpha value is -2.05.